The Bertz CT molecular complexity index is 402. The van der Waals surface area contributed by atoms with Crippen molar-refractivity contribution in [1.82, 2.24) is 0 Å². The van der Waals surface area contributed by atoms with Crippen molar-refractivity contribution in [3.63, 3.8) is 0 Å². The molecular weight excluding hydrogens is 239 g/mol. The highest BCUT2D eigenvalue weighted by Gasteiger charge is 2.31. The number of carbonyl (C=O) groups is 1. The molecule has 1 atom stereocenters. The fraction of sp³-hybridized carbons (Fsp3) is 0.462. The van der Waals surface area contributed by atoms with Gasteiger partial charge in [-0.1, -0.05) is 18.9 Å². The Labute approximate surface area is 104 Å². The third-order valence-corrected chi connectivity index (χ3v) is 4.50. The maximum atomic E-state index is 13.0. The normalized spacial score (nSPS) is 18.2. The summed E-state index contributed by atoms with van der Waals surface area (Å²) in [6.45, 7) is 0. The van der Waals surface area contributed by atoms with Crippen LogP contribution in [0.4, 0.5) is 4.39 Å². The lowest BCUT2D eigenvalue weighted by atomic mass is 10.0. The average Bonchev–Trinajstić information content (AvgIpc) is 2.78. The molecule has 1 aromatic carbocycles. The van der Waals surface area contributed by atoms with Crippen molar-refractivity contribution >= 4 is 17.7 Å². The van der Waals surface area contributed by atoms with Crippen molar-refractivity contribution in [3.05, 3.63) is 30.1 Å². The summed E-state index contributed by atoms with van der Waals surface area (Å²) >= 11 is 1.27. The number of carboxylic acids is 1. The highest BCUT2D eigenvalue weighted by atomic mass is 32.2. The molecule has 1 unspecified atom stereocenters. The van der Waals surface area contributed by atoms with Gasteiger partial charge in [0, 0.05) is 4.90 Å². The molecule has 1 aliphatic carbocycles. The van der Waals surface area contributed by atoms with Crippen molar-refractivity contribution in [2.45, 2.75) is 35.8 Å². The highest BCUT2D eigenvalue weighted by Crippen LogP contribution is 2.37. The molecule has 0 spiro atoms. The Hall–Kier alpha value is -1.03. The lowest BCUT2D eigenvalue weighted by molar-refractivity contribution is -0.137. The minimum Gasteiger partial charge on any atom is -0.480 e. The molecule has 2 nitrogen and oxygen atoms in total. The van der Waals surface area contributed by atoms with Gasteiger partial charge in [-0.2, -0.15) is 0 Å². The molecule has 0 heterocycles. The zero-order chi connectivity index (χ0) is 12.3. The van der Waals surface area contributed by atoms with Crippen LogP contribution < -0.4 is 0 Å². The van der Waals surface area contributed by atoms with E-state index in [-0.39, 0.29) is 11.7 Å². The van der Waals surface area contributed by atoms with Crippen LogP contribution in [-0.4, -0.2) is 16.3 Å². The van der Waals surface area contributed by atoms with Gasteiger partial charge < -0.3 is 5.11 Å². The number of halogens is 1. The van der Waals surface area contributed by atoms with Crippen molar-refractivity contribution in [2.24, 2.45) is 5.92 Å². The number of rotatable bonds is 4. The van der Waals surface area contributed by atoms with Gasteiger partial charge >= 0.3 is 5.97 Å². The second-order valence-corrected chi connectivity index (χ2v) is 5.59. The van der Waals surface area contributed by atoms with E-state index in [1.165, 1.54) is 23.9 Å². The molecule has 1 N–H and O–H groups in total. The summed E-state index contributed by atoms with van der Waals surface area (Å²) in [5.74, 6) is -0.877. The van der Waals surface area contributed by atoms with Crippen molar-refractivity contribution < 1.29 is 14.3 Å². The van der Waals surface area contributed by atoms with Crippen molar-refractivity contribution in [3.8, 4) is 0 Å². The van der Waals surface area contributed by atoms with Crippen LogP contribution >= 0.6 is 11.8 Å². The Balaban J connectivity index is 2.09. The third kappa shape index (κ3) is 3.22. The largest absolute Gasteiger partial charge is 0.480 e. The standard InChI is InChI=1S/C13H15FO2S/c14-10-6-3-7-11(8-10)17-12(13(15)16)9-4-1-2-5-9/h3,6-9,12H,1-2,4-5H2,(H,15,16). The molecule has 1 fully saturated rings. The van der Waals surface area contributed by atoms with E-state index in [4.69, 9.17) is 0 Å². The molecule has 1 aromatic rings. The van der Waals surface area contributed by atoms with E-state index in [1.807, 2.05) is 0 Å². The molecule has 0 amide bonds. The molecule has 0 aromatic heterocycles. The summed E-state index contributed by atoms with van der Waals surface area (Å²) in [6, 6.07) is 6.15. The monoisotopic (exact) mass is 254 g/mol. The first-order chi connectivity index (χ1) is 8.16. The second-order valence-electron chi connectivity index (χ2n) is 4.38. The van der Waals surface area contributed by atoms with Crippen molar-refractivity contribution in [2.75, 3.05) is 0 Å². The zero-order valence-electron chi connectivity index (χ0n) is 9.43. The van der Waals surface area contributed by atoms with E-state index in [1.54, 1.807) is 12.1 Å². The lowest BCUT2D eigenvalue weighted by Crippen LogP contribution is -2.24. The molecule has 0 radical (unpaired) electrons. The van der Waals surface area contributed by atoms with E-state index in [9.17, 15) is 14.3 Å². The van der Waals surface area contributed by atoms with E-state index >= 15 is 0 Å². The van der Waals surface area contributed by atoms with Gasteiger partial charge in [0.25, 0.3) is 0 Å². The van der Waals surface area contributed by atoms with E-state index in [0.717, 1.165) is 25.7 Å². The highest BCUT2D eigenvalue weighted by molar-refractivity contribution is 8.00. The van der Waals surface area contributed by atoms with Crippen LogP contribution in [0.2, 0.25) is 0 Å². The summed E-state index contributed by atoms with van der Waals surface area (Å²) in [5, 5.41) is 8.80. The van der Waals surface area contributed by atoms with Crippen LogP contribution in [0.15, 0.2) is 29.2 Å². The fourth-order valence-electron chi connectivity index (χ4n) is 2.30. The van der Waals surface area contributed by atoms with Gasteiger partial charge in [-0.15, -0.1) is 11.8 Å². The summed E-state index contributed by atoms with van der Waals surface area (Å²) in [6.07, 6.45) is 4.16. The fourth-order valence-corrected chi connectivity index (χ4v) is 3.49. The van der Waals surface area contributed by atoms with Crippen LogP contribution in [0.5, 0.6) is 0 Å². The maximum Gasteiger partial charge on any atom is 0.317 e. The summed E-state index contributed by atoms with van der Waals surface area (Å²) in [4.78, 5) is 12.0. The van der Waals surface area contributed by atoms with Gasteiger partial charge in [0.1, 0.15) is 11.1 Å². The topological polar surface area (TPSA) is 37.3 Å². The Morgan fingerprint density at radius 1 is 1.41 bits per heavy atom. The Kier molecular flexibility index (Phi) is 4.05. The number of hydrogen-bond donors (Lipinski definition) is 1. The quantitative estimate of drug-likeness (QED) is 0.835. The first kappa shape index (κ1) is 12.4. The van der Waals surface area contributed by atoms with Crippen LogP contribution in [0.25, 0.3) is 0 Å². The third-order valence-electron chi connectivity index (χ3n) is 3.13. The Morgan fingerprint density at radius 3 is 2.71 bits per heavy atom. The maximum absolute atomic E-state index is 13.0. The van der Waals surface area contributed by atoms with E-state index in [2.05, 4.69) is 0 Å². The molecule has 17 heavy (non-hydrogen) atoms. The summed E-state index contributed by atoms with van der Waals surface area (Å²) in [7, 11) is 0. The van der Waals surface area contributed by atoms with Gasteiger partial charge in [-0.05, 0) is 37.0 Å². The van der Waals surface area contributed by atoms with Gasteiger partial charge in [0.2, 0.25) is 0 Å². The van der Waals surface area contributed by atoms with Gasteiger partial charge in [-0.3, -0.25) is 4.79 Å². The van der Waals surface area contributed by atoms with E-state index < -0.39 is 11.2 Å². The zero-order valence-corrected chi connectivity index (χ0v) is 10.3. The molecule has 2 rings (SSSR count). The minimum atomic E-state index is -0.786. The number of benzene rings is 1. The molecule has 4 heteroatoms. The van der Waals surface area contributed by atoms with Gasteiger partial charge in [0.15, 0.2) is 0 Å². The van der Waals surface area contributed by atoms with Crippen LogP contribution in [-0.2, 0) is 4.79 Å². The number of aliphatic carboxylic acids is 1. The van der Waals surface area contributed by atoms with Gasteiger partial charge in [0.05, 0.1) is 0 Å². The van der Waals surface area contributed by atoms with E-state index in [0.29, 0.717) is 4.90 Å². The number of hydrogen-bond acceptors (Lipinski definition) is 2. The molecule has 0 aliphatic heterocycles. The SMILES string of the molecule is O=C(O)C(Sc1cccc(F)c1)C1CCCC1. The predicted octanol–water partition coefficient (Wildman–Crippen LogP) is 3.56. The average molecular weight is 254 g/mol. The second kappa shape index (κ2) is 5.54. The number of carboxylic acid groups (broad SMARTS) is 1. The van der Waals surface area contributed by atoms with Crippen LogP contribution in [0.3, 0.4) is 0 Å². The first-order valence-electron chi connectivity index (χ1n) is 5.82. The number of thioether (sulfide) groups is 1. The predicted molar refractivity (Wildman–Crippen MR) is 65.6 cm³/mol. The molecular formula is C13H15FO2S. The molecule has 1 aliphatic rings. The summed E-state index contributed by atoms with van der Waals surface area (Å²) < 4.78 is 13.0. The van der Waals surface area contributed by atoms with Gasteiger partial charge in [-0.25, -0.2) is 4.39 Å². The molecule has 1 saturated carbocycles. The van der Waals surface area contributed by atoms with Crippen LogP contribution in [0, 0.1) is 11.7 Å². The first-order valence-corrected chi connectivity index (χ1v) is 6.70. The Morgan fingerprint density at radius 2 is 2.12 bits per heavy atom. The van der Waals surface area contributed by atoms with Crippen LogP contribution in [0.1, 0.15) is 25.7 Å². The lowest BCUT2D eigenvalue weighted by Gasteiger charge is -2.18. The van der Waals surface area contributed by atoms with Crippen molar-refractivity contribution in [1.29, 1.82) is 0 Å². The summed E-state index contributed by atoms with van der Waals surface area (Å²) in [5.41, 5.74) is 0. The molecule has 0 bridgehead atoms. The molecule has 92 valence electrons. The minimum absolute atomic E-state index is 0.223. The smallest absolute Gasteiger partial charge is 0.317 e. The molecule has 0 saturated heterocycles.